The molecular weight excluding hydrogens is 326 g/mol. The number of hydrogen-bond donors (Lipinski definition) is 4. The topological polar surface area (TPSA) is 134 Å². The third-order valence-electron chi connectivity index (χ3n) is 2.87. The van der Waals surface area contributed by atoms with Crippen LogP contribution in [0, 0.1) is 0 Å². The van der Waals surface area contributed by atoms with Crippen molar-refractivity contribution in [3.8, 4) is 5.75 Å². The van der Waals surface area contributed by atoms with E-state index in [1.807, 2.05) is 10.0 Å². The molecule has 9 nitrogen and oxygen atoms in total. The Morgan fingerprint density at radius 3 is 2.35 bits per heavy atom. The van der Waals surface area contributed by atoms with E-state index in [4.69, 9.17) is 9.29 Å². The molecule has 0 heterocycles. The van der Waals surface area contributed by atoms with Crippen molar-refractivity contribution in [2.75, 3.05) is 14.2 Å². The number of ether oxygens (including phenoxy) is 1. The molecule has 0 fully saturated rings. The first-order valence-corrected chi connectivity index (χ1v) is 8.06. The summed E-state index contributed by atoms with van der Waals surface area (Å²) in [4.78, 5) is 22.8. The van der Waals surface area contributed by atoms with E-state index in [1.165, 1.54) is 14.2 Å². The maximum Gasteiger partial charge on any atom is 0.333 e. The highest BCUT2D eigenvalue weighted by Crippen LogP contribution is 2.14. The first-order chi connectivity index (χ1) is 10.7. The zero-order valence-electron chi connectivity index (χ0n) is 12.7. The summed E-state index contributed by atoms with van der Waals surface area (Å²) in [7, 11) is -1.64. The van der Waals surface area contributed by atoms with Crippen LogP contribution in [0.25, 0.3) is 0 Å². The van der Waals surface area contributed by atoms with Gasteiger partial charge < -0.3 is 10.1 Å². The van der Waals surface area contributed by atoms with Crippen molar-refractivity contribution < 1.29 is 27.3 Å². The molecule has 0 aliphatic carbocycles. The van der Waals surface area contributed by atoms with Crippen LogP contribution in [0.3, 0.4) is 0 Å². The Morgan fingerprint density at radius 1 is 1.26 bits per heavy atom. The number of urea groups is 1. The Morgan fingerprint density at radius 2 is 1.87 bits per heavy atom. The van der Waals surface area contributed by atoms with Gasteiger partial charge in [0.1, 0.15) is 5.75 Å². The number of rotatable bonds is 7. The highest BCUT2D eigenvalue weighted by molar-refractivity contribution is 7.83. The largest absolute Gasteiger partial charge is 0.497 e. The van der Waals surface area contributed by atoms with Gasteiger partial charge in [0, 0.05) is 19.5 Å². The molecule has 23 heavy (non-hydrogen) atoms. The summed E-state index contributed by atoms with van der Waals surface area (Å²) in [6, 6.07) is 5.16. The molecule has 1 atom stereocenters. The van der Waals surface area contributed by atoms with Crippen molar-refractivity contribution >= 4 is 22.2 Å². The lowest BCUT2D eigenvalue weighted by Crippen LogP contribution is -2.43. The van der Waals surface area contributed by atoms with E-state index in [2.05, 4.69) is 5.32 Å². The second kappa shape index (κ2) is 8.46. The molecule has 0 radical (unpaired) electrons. The number of carbonyl (C=O) groups is 2. The van der Waals surface area contributed by atoms with E-state index in [9.17, 15) is 18.0 Å². The van der Waals surface area contributed by atoms with Gasteiger partial charge in [0.15, 0.2) is 0 Å². The molecule has 0 spiro atoms. The predicted octanol–water partition coefficient (Wildman–Crippen LogP) is -0.156. The quantitative estimate of drug-likeness (QED) is 0.508. The molecule has 1 aromatic rings. The van der Waals surface area contributed by atoms with Gasteiger partial charge in [0.25, 0.3) is 0 Å². The van der Waals surface area contributed by atoms with Crippen LogP contribution in [-0.4, -0.2) is 45.1 Å². The van der Waals surface area contributed by atoms with Gasteiger partial charge >= 0.3 is 16.3 Å². The van der Waals surface area contributed by atoms with Crippen molar-refractivity contribution in [1.29, 1.82) is 0 Å². The molecule has 1 unspecified atom stereocenters. The van der Waals surface area contributed by atoms with Gasteiger partial charge in [-0.15, -0.1) is 0 Å². The number of amides is 3. The number of imide groups is 1. The highest BCUT2D eigenvalue weighted by Gasteiger charge is 2.20. The molecule has 0 aliphatic rings. The summed E-state index contributed by atoms with van der Waals surface area (Å²) in [6.45, 7) is 0. The van der Waals surface area contributed by atoms with Gasteiger partial charge in [0.2, 0.25) is 5.91 Å². The fourth-order valence-corrected chi connectivity index (χ4v) is 2.46. The molecular formula is C13H19N3O6S. The molecule has 0 aromatic heterocycles. The van der Waals surface area contributed by atoms with Crippen LogP contribution >= 0.6 is 0 Å². The lowest BCUT2D eigenvalue weighted by molar-refractivity contribution is -0.120. The van der Waals surface area contributed by atoms with E-state index in [0.717, 1.165) is 5.56 Å². The van der Waals surface area contributed by atoms with Gasteiger partial charge in [-0.05, 0) is 24.1 Å². The normalized spacial score (nSPS) is 12.3. The minimum Gasteiger partial charge on any atom is -0.497 e. The fourth-order valence-electron chi connectivity index (χ4n) is 1.88. The second-order valence-corrected chi connectivity index (χ2v) is 5.86. The van der Waals surface area contributed by atoms with Crippen LogP contribution in [-0.2, 0) is 21.5 Å². The van der Waals surface area contributed by atoms with Crippen LogP contribution in [0.15, 0.2) is 24.3 Å². The van der Waals surface area contributed by atoms with Gasteiger partial charge in [-0.2, -0.15) is 13.1 Å². The zero-order chi connectivity index (χ0) is 17.5. The van der Waals surface area contributed by atoms with E-state index in [0.29, 0.717) is 5.75 Å². The molecule has 0 saturated carbocycles. The van der Waals surface area contributed by atoms with Gasteiger partial charge in [-0.3, -0.25) is 14.7 Å². The smallest absolute Gasteiger partial charge is 0.333 e. The molecule has 3 amide bonds. The maximum atomic E-state index is 11.7. The molecule has 10 heteroatoms. The Labute approximate surface area is 134 Å². The Hall–Kier alpha value is -2.17. The number of carbonyl (C=O) groups excluding carboxylic acids is 2. The third-order valence-corrected chi connectivity index (χ3v) is 3.50. The maximum absolute atomic E-state index is 11.7. The fraction of sp³-hybridized carbons (Fsp3) is 0.385. The van der Waals surface area contributed by atoms with E-state index >= 15 is 0 Å². The van der Waals surface area contributed by atoms with E-state index < -0.39 is 28.3 Å². The Balaban J connectivity index is 2.78. The number of nitrogens with one attached hydrogen (secondary N) is 3. The number of hydrogen-bond acceptors (Lipinski definition) is 5. The minimum atomic E-state index is -4.49. The standard InChI is InChI=1S/C13H19N3O6S/c1-14-13(18)15-12(17)8-10(16-23(19,20)21)7-9-3-5-11(22-2)6-4-9/h3-6,10,16H,7-8H2,1-2H3,(H,19,20,21)(H2,14,15,17,18). The molecule has 1 rings (SSSR count). The number of methoxy groups -OCH3 is 1. The van der Waals surface area contributed by atoms with Crippen molar-refractivity contribution in [1.82, 2.24) is 15.4 Å². The van der Waals surface area contributed by atoms with Gasteiger partial charge in [0.05, 0.1) is 7.11 Å². The lowest BCUT2D eigenvalue weighted by Gasteiger charge is -2.16. The van der Waals surface area contributed by atoms with E-state index in [1.54, 1.807) is 24.3 Å². The molecule has 0 aliphatic heterocycles. The first kappa shape index (κ1) is 18.9. The van der Waals surface area contributed by atoms with Crippen LogP contribution in [0.5, 0.6) is 5.75 Å². The summed E-state index contributed by atoms with van der Waals surface area (Å²) < 4.78 is 37.9. The predicted molar refractivity (Wildman–Crippen MR) is 82.4 cm³/mol. The van der Waals surface area contributed by atoms with Gasteiger partial charge in [-0.25, -0.2) is 4.79 Å². The van der Waals surface area contributed by atoms with Crippen molar-refractivity contribution in [3.05, 3.63) is 29.8 Å². The molecule has 4 N–H and O–H groups in total. The Bertz CT molecular complexity index is 644. The molecule has 1 aromatic carbocycles. The van der Waals surface area contributed by atoms with Crippen LogP contribution in [0.2, 0.25) is 0 Å². The van der Waals surface area contributed by atoms with Crippen molar-refractivity contribution in [2.45, 2.75) is 18.9 Å². The van der Waals surface area contributed by atoms with E-state index in [-0.39, 0.29) is 12.8 Å². The summed E-state index contributed by atoms with van der Waals surface area (Å²) in [5.41, 5.74) is 0.722. The molecule has 0 bridgehead atoms. The summed E-state index contributed by atoms with van der Waals surface area (Å²) in [6.07, 6.45) is -0.176. The number of benzene rings is 1. The monoisotopic (exact) mass is 345 g/mol. The Kier molecular flexibility index (Phi) is 6.94. The summed E-state index contributed by atoms with van der Waals surface area (Å²) in [5, 5.41) is 4.23. The van der Waals surface area contributed by atoms with Crippen molar-refractivity contribution in [2.24, 2.45) is 0 Å². The zero-order valence-corrected chi connectivity index (χ0v) is 13.5. The third kappa shape index (κ3) is 7.58. The molecule has 0 saturated heterocycles. The van der Waals surface area contributed by atoms with Gasteiger partial charge in [-0.1, -0.05) is 12.1 Å². The first-order valence-electron chi connectivity index (χ1n) is 6.62. The SMILES string of the molecule is CNC(=O)NC(=O)CC(Cc1ccc(OC)cc1)NS(=O)(=O)O. The lowest BCUT2D eigenvalue weighted by atomic mass is 10.0. The summed E-state index contributed by atoms with van der Waals surface area (Å²) >= 11 is 0. The average Bonchev–Trinajstić information content (AvgIpc) is 2.45. The minimum absolute atomic E-state index is 0.144. The van der Waals surface area contributed by atoms with Crippen molar-refractivity contribution in [3.63, 3.8) is 0 Å². The molecule has 128 valence electrons. The van der Waals surface area contributed by atoms with Crippen LogP contribution in [0.1, 0.15) is 12.0 Å². The second-order valence-electron chi connectivity index (χ2n) is 4.67. The van der Waals surface area contributed by atoms with Crippen LogP contribution in [0.4, 0.5) is 4.79 Å². The van der Waals surface area contributed by atoms with Crippen LogP contribution < -0.4 is 20.1 Å². The summed E-state index contributed by atoms with van der Waals surface area (Å²) in [5.74, 6) is -0.0515. The highest BCUT2D eigenvalue weighted by atomic mass is 32.2. The average molecular weight is 345 g/mol.